The number of hydrogen-bond acceptors (Lipinski definition) is 1. The van der Waals surface area contributed by atoms with Crippen molar-refractivity contribution in [1.29, 1.82) is 0 Å². The standard InChI is InChI=1S/C43H27NO/c45-43-38-19-10-9-18-35(38)40-27-30(22-25-41(40)44(43)31-15-5-2-6-16-31)42-33-17-8-7-14-29(33)26-39-34-21-11-20-32(28-12-3-1-4-13-28)36(34)23-24-37(39)42/h1-27H. The minimum atomic E-state index is -0.00616. The summed E-state index contributed by atoms with van der Waals surface area (Å²) in [6.07, 6.45) is 0. The zero-order valence-corrected chi connectivity index (χ0v) is 24.4. The smallest absolute Gasteiger partial charge is 0.263 e. The zero-order valence-electron chi connectivity index (χ0n) is 24.4. The molecule has 1 aromatic heterocycles. The first kappa shape index (κ1) is 25.5. The normalized spacial score (nSPS) is 11.6. The minimum Gasteiger partial charge on any atom is -0.276 e. The summed E-state index contributed by atoms with van der Waals surface area (Å²) in [4.78, 5) is 13.9. The van der Waals surface area contributed by atoms with Crippen LogP contribution in [0.5, 0.6) is 0 Å². The van der Waals surface area contributed by atoms with E-state index < -0.39 is 0 Å². The first-order valence-electron chi connectivity index (χ1n) is 15.3. The number of rotatable bonds is 3. The van der Waals surface area contributed by atoms with Gasteiger partial charge in [0.1, 0.15) is 0 Å². The van der Waals surface area contributed by atoms with E-state index in [2.05, 4.69) is 115 Å². The Hall–Kier alpha value is -5.99. The van der Waals surface area contributed by atoms with Crippen LogP contribution in [0.4, 0.5) is 0 Å². The Morgan fingerprint density at radius 3 is 1.84 bits per heavy atom. The molecule has 9 rings (SSSR count). The molecule has 8 aromatic carbocycles. The van der Waals surface area contributed by atoms with Crippen LogP contribution in [0.15, 0.2) is 169 Å². The van der Waals surface area contributed by atoms with Crippen molar-refractivity contribution in [2.45, 2.75) is 0 Å². The van der Waals surface area contributed by atoms with Crippen molar-refractivity contribution in [1.82, 2.24) is 4.57 Å². The molecule has 0 atom stereocenters. The molecule has 0 unspecified atom stereocenters. The highest BCUT2D eigenvalue weighted by molar-refractivity contribution is 6.22. The van der Waals surface area contributed by atoms with Gasteiger partial charge in [-0.25, -0.2) is 0 Å². The molecule has 0 aliphatic rings. The molecule has 0 N–H and O–H groups in total. The Morgan fingerprint density at radius 2 is 1.02 bits per heavy atom. The third kappa shape index (κ3) is 3.93. The fourth-order valence-electron chi connectivity index (χ4n) is 7.16. The average molecular weight is 574 g/mol. The van der Waals surface area contributed by atoms with Gasteiger partial charge in [0.05, 0.1) is 5.52 Å². The molecule has 0 saturated carbocycles. The summed E-state index contributed by atoms with van der Waals surface area (Å²) in [6.45, 7) is 0. The Morgan fingerprint density at radius 1 is 0.378 bits per heavy atom. The van der Waals surface area contributed by atoms with Gasteiger partial charge >= 0.3 is 0 Å². The topological polar surface area (TPSA) is 22.0 Å². The molecule has 2 heteroatoms. The van der Waals surface area contributed by atoms with Gasteiger partial charge in [-0.2, -0.15) is 0 Å². The molecule has 9 aromatic rings. The highest BCUT2D eigenvalue weighted by atomic mass is 16.1. The molecule has 0 fully saturated rings. The lowest BCUT2D eigenvalue weighted by molar-refractivity contribution is 1.06. The second kappa shape index (κ2) is 10.0. The molecule has 0 saturated heterocycles. The Labute approximate surface area is 260 Å². The molecule has 0 bridgehead atoms. The summed E-state index contributed by atoms with van der Waals surface area (Å²) in [5.74, 6) is 0. The van der Waals surface area contributed by atoms with Crippen molar-refractivity contribution in [2.75, 3.05) is 0 Å². The van der Waals surface area contributed by atoms with E-state index in [1.54, 1.807) is 0 Å². The van der Waals surface area contributed by atoms with Crippen LogP contribution in [0.2, 0.25) is 0 Å². The monoisotopic (exact) mass is 573 g/mol. The molecule has 0 aliphatic carbocycles. The van der Waals surface area contributed by atoms with Crippen LogP contribution in [-0.4, -0.2) is 4.57 Å². The van der Waals surface area contributed by atoms with E-state index in [-0.39, 0.29) is 5.56 Å². The summed E-state index contributed by atoms with van der Waals surface area (Å²) in [7, 11) is 0. The number of para-hydroxylation sites is 1. The first-order valence-corrected chi connectivity index (χ1v) is 15.3. The highest BCUT2D eigenvalue weighted by Gasteiger charge is 2.17. The van der Waals surface area contributed by atoms with Gasteiger partial charge in [-0.05, 0) is 96.4 Å². The predicted molar refractivity (Wildman–Crippen MR) is 190 cm³/mol. The van der Waals surface area contributed by atoms with E-state index in [1.807, 2.05) is 53.1 Å². The van der Waals surface area contributed by atoms with Crippen LogP contribution >= 0.6 is 0 Å². The lowest BCUT2D eigenvalue weighted by Gasteiger charge is -2.17. The molecule has 45 heavy (non-hydrogen) atoms. The molecular formula is C43H27NO. The molecule has 0 radical (unpaired) electrons. The Balaban J connectivity index is 1.39. The third-order valence-electron chi connectivity index (χ3n) is 9.18. The van der Waals surface area contributed by atoms with Crippen molar-refractivity contribution in [3.8, 4) is 27.9 Å². The van der Waals surface area contributed by atoms with Crippen LogP contribution in [0.1, 0.15) is 0 Å². The van der Waals surface area contributed by atoms with Crippen molar-refractivity contribution in [3.05, 3.63) is 174 Å². The summed E-state index contributed by atoms with van der Waals surface area (Å²) in [5, 5.41) is 10.1. The van der Waals surface area contributed by atoms with E-state index in [4.69, 9.17) is 0 Å². The highest BCUT2D eigenvalue weighted by Crippen LogP contribution is 2.42. The summed E-state index contributed by atoms with van der Waals surface area (Å²) in [5.41, 5.74) is 6.55. The van der Waals surface area contributed by atoms with Gasteiger partial charge in [0, 0.05) is 16.5 Å². The minimum absolute atomic E-state index is 0.00616. The zero-order chi connectivity index (χ0) is 29.9. The summed E-state index contributed by atoms with van der Waals surface area (Å²) in [6, 6.07) is 57.3. The summed E-state index contributed by atoms with van der Waals surface area (Å²) < 4.78 is 1.85. The van der Waals surface area contributed by atoms with Crippen molar-refractivity contribution in [2.24, 2.45) is 0 Å². The molecule has 1 heterocycles. The maximum Gasteiger partial charge on any atom is 0.263 e. The number of hydrogen-bond donors (Lipinski definition) is 0. The molecule has 0 spiro atoms. The second-order valence-corrected chi connectivity index (χ2v) is 11.7. The lowest BCUT2D eigenvalue weighted by atomic mass is 9.87. The Kier molecular flexibility index (Phi) is 5.69. The number of aromatic nitrogens is 1. The van der Waals surface area contributed by atoms with E-state index in [0.29, 0.717) is 5.39 Å². The molecule has 0 amide bonds. The van der Waals surface area contributed by atoms with Gasteiger partial charge in [0.2, 0.25) is 0 Å². The number of fused-ring (bicyclic) bond motifs is 7. The van der Waals surface area contributed by atoms with Crippen LogP contribution < -0.4 is 5.56 Å². The van der Waals surface area contributed by atoms with Gasteiger partial charge in [-0.15, -0.1) is 0 Å². The summed E-state index contributed by atoms with van der Waals surface area (Å²) >= 11 is 0. The van der Waals surface area contributed by atoms with Gasteiger partial charge in [0.15, 0.2) is 0 Å². The Bertz CT molecular complexity index is 2650. The number of pyridine rings is 1. The van der Waals surface area contributed by atoms with E-state index in [1.165, 1.54) is 49.0 Å². The molecule has 2 nitrogen and oxygen atoms in total. The first-order chi connectivity index (χ1) is 22.3. The average Bonchev–Trinajstić information content (AvgIpc) is 3.11. The third-order valence-corrected chi connectivity index (χ3v) is 9.18. The van der Waals surface area contributed by atoms with Gasteiger partial charge in [-0.1, -0.05) is 127 Å². The van der Waals surface area contributed by atoms with Gasteiger partial charge in [0.25, 0.3) is 5.56 Å². The fourth-order valence-corrected chi connectivity index (χ4v) is 7.16. The van der Waals surface area contributed by atoms with Crippen LogP contribution in [0.3, 0.4) is 0 Å². The van der Waals surface area contributed by atoms with Crippen LogP contribution in [0.25, 0.3) is 81.9 Å². The maximum atomic E-state index is 13.9. The lowest BCUT2D eigenvalue weighted by Crippen LogP contribution is -2.19. The number of nitrogens with zero attached hydrogens (tertiary/aromatic N) is 1. The van der Waals surface area contributed by atoms with Crippen molar-refractivity contribution >= 4 is 54.0 Å². The van der Waals surface area contributed by atoms with E-state index in [9.17, 15) is 4.79 Å². The van der Waals surface area contributed by atoms with Crippen LogP contribution in [-0.2, 0) is 0 Å². The van der Waals surface area contributed by atoms with Gasteiger partial charge in [-0.3, -0.25) is 9.36 Å². The van der Waals surface area contributed by atoms with Gasteiger partial charge < -0.3 is 0 Å². The van der Waals surface area contributed by atoms with E-state index in [0.717, 1.165) is 27.5 Å². The molecule has 0 aliphatic heterocycles. The van der Waals surface area contributed by atoms with E-state index >= 15 is 0 Å². The second-order valence-electron chi connectivity index (χ2n) is 11.7. The van der Waals surface area contributed by atoms with Crippen molar-refractivity contribution < 1.29 is 0 Å². The molecular weight excluding hydrogens is 546 g/mol. The predicted octanol–water partition coefficient (Wildman–Crippen LogP) is 10.9. The SMILES string of the molecule is O=c1c2ccccc2c2cc(-c3c4ccccc4cc4c3ccc3c(-c5ccccc5)cccc34)ccc2n1-c1ccccc1. The largest absolute Gasteiger partial charge is 0.276 e. The molecule has 210 valence electrons. The van der Waals surface area contributed by atoms with Crippen LogP contribution in [0, 0.1) is 0 Å². The number of benzene rings is 8. The maximum absolute atomic E-state index is 13.9. The fraction of sp³-hybridized carbons (Fsp3) is 0. The quantitative estimate of drug-likeness (QED) is 0.152. The van der Waals surface area contributed by atoms with Crippen molar-refractivity contribution in [3.63, 3.8) is 0 Å².